The van der Waals surface area contributed by atoms with Crippen molar-refractivity contribution in [1.29, 1.82) is 0 Å². The smallest absolute Gasteiger partial charge is 0.116 e. The zero-order chi connectivity index (χ0) is 18.4. The van der Waals surface area contributed by atoms with Crippen LogP contribution in [-0.4, -0.2) is 22.5 Å². The minimum absolute atomic E-state index is 0.659. The zero-order valence-corrected chi connectivity index (χ0v) is 15.1. The van der Waals surface area contributed by atoms with Crippen molar-refractivity contribution >= 4 is 29.9 Å². The van der Waals surface area contributed by atoms with Crippen LogP contribution in [0.15, 0.2) is 77.6 Å². The van der Waals surface area contributed by atoms with Gasteiger partial charge in [-0.1, -0.05) is 42.4 Å². The summed E-state index contributed by atoms with van der Waals surface area (Å²) < 4.78 is 0. The molecule has 1 heterocycles. The van der Waals surface area contributed by atoms with E-state index in [1.807, 2.05) is 49.4 Å². The van der Waals surface area contributed by atoms with Crippen molar-refractivity contribution < 1.29 is 0 Å². The highest BCUT2D eigenvalue weighted by atomic mass is 35.5. The van der Waals surface area contributed by atoms with Gasteiger partial charge in [-0.3, -0.25) is 0 Å². The lowest BCUT2D eigenvalue weighted by molar-refractivity contribution is 1.17. The van der Waals surface area contributed by atoms with Crippen molar-refractivity contribution in [3.05, 3.63) is 78.2 Å². The molecule has 0 saturated carbocycles. The van der Waals surface area contributed by atoms with Crippen LogP contribution in [-0.2, 0) is 0 Å². The van der Waals surface area contributed by atoms with Gasteiger partial charge in [0.1, 0.15) is 12.7 Å². The van der Waals surface area contributed by atoms with Gasteiger partial charge >= 0.3 is 0 Å². The largest absolute Gasteiger partial charge is 0.250 e. The Morgan fingerprint density at radius 1 is 1.04 bits per heavy atom. The summed E-state index contributed by atoms with van der Waals surface area (Å²) in [6.07, 6.45) is 6.40. The third-order valence-electron chi connectivity index (χ3n) is 3.76. The van der Waals surface area contributed by atoms with E-state index in [1.165, 1.54) is 12.7 Å². The lowest BCUT2D eigenvalue weighted by Gasteiger charge is -2.08. The number of nitrogens with zero attached hydrogens (tertiary/aromatic N) is 4. The minimum atomic E-state index is 0.659. The first-order valence-corrected chi connectivity index (χ1v) is 8.42. The summed E-state index contributed by atoms with van der Waals surface area (Å²) in [4.78, 5) is 16.4. The zero-order valence-electron chi connectivity index (χ0n) is 14.3. The maximum atomic E-state index is 6.31. The molecule has 0 radical (unpaired) electrons. The Bertz CT molecular complexity index is 961. The van der Waals surface area contributed by atoms with Gasteiger partial charge in [0.2, 0.25) is 0 Å². The first-order chi connectivity index (χ1) is 12.7. The lowest BCUT2D eigenvalue weighted by atomic mass is 10.00. The second kappa shape index (κ2) is 8.32. The molecular weight excluding hydrogens is 344 g/mol. The predicted octanol–water partition coefficient (Wildman–Crippen LogP) is 5.55. The van der Waals surface area contributed by atoms with E-state index in [-0.39, 0.29) is 0 Å². The van der Waals surface area contributed by atoms with E-state index < -0.39 is 0 Å². The highest BCUT2D eigenvalue weighted by Gasteiger charge is 2.06. The number of halogens is 1. The molecule has 0 atom stereocenters. The summed E-state index contributed by atoms with van der Waals surface area (Å²) in [6, 6.07) is 15.8. The molecule has 0 amide bonds. The Balaban J connectivity index is 1.90. The van der Waals surface area contributed by atoms with E-state index in [2.05, 4.69) is 32.6 Å². The van der Waals surface area contributed by atoms with Crippen LogP contribution in [0, 0.1) is 0 Å². The quantitative estimate of drug-likeness (QED) is 0.442. The number of aromatic nitrogens is 2. The van der Waals surface area contributed by atoms with Crippen molar-refractivity contribution in [2.75, 3.05) is 0 Å². The molecule has 3 aromatic rings. The molecule has 128 valence electrons. The first-order valence-electron chi connectivity index (χ1n) is 8.04. The average Bonchev–Trinajstić information content (AvgIpc) is 2.68. The summed E-state index contributed by atoms with van der Waals surface area (Å²) in [6.45, 7) is 5.80. The molecule has 0 aliphatic carbocycles. The lowest BCUT2D eigenvalue weighted by Crippen LogP contribution is -1.87. The van der Waals surface area contributed by atoms with Gasteiger partial charge < -0.3 is 0 Å². The minimum Gasteiger partial charge on any atom is -0.250 e. The van der Waals surface area contributed by atoms with Gasteiger partial charge in [0, 0.05) is 23.0 Å². The molecule has 0 saturated heterocycles. The molecule has 0 N–H and O–H groups in total. The summed E-state index contributed by atoms with van der Waals surface area (Å²) in [7, 11) is 0. The van der Waals surface area contributed by atoms with Crippen LogP contribution in [0.4, 0.5) is 0 Å². The van der Waals surface area contributed by atoms with Gasteiger partial charge in [0.05, 0.1) is 11.4 Å². The molecule has 3 rings (SSSR count). The molecule has 0 unspecified atom stereocenters. The van der Waals surface area contributed by atoms with Crippen LogP contribution < -0.4 is 0 Å². The van der Waals surface area contributed by atoms with E-state index in [0.29, 0.717) is 10.7 Å². The molecule has 1 aromatic heterocycles. The molecule has 5 heteroatoms. The van der Waals surface area contributed by atoms with Crippen LogP contribution in [0.3, 0.4) is 0 Å². The van der Waals surface area contributed by atoms with E-state index in [1.54, 1.807) is 12.4 Å². The number of benzene rings is 2. The van der Waals surface area contributed by atoms with Crippen molar-refractivity contribution in [2.24, 2.45) is 9.98 Å². The summed E-state index contributed by atoms with van der Waals surface area (Å²) in [5.74, 6) is 0. The predicted molar refractivity (Wildman–Crippen MR) is 110 cm³/mol. The molecule has 4 nitrogen and oxygen atoms in total. The number of aliphatic imine (C=N–C) groups is 2. The van der Waals surface area contributed by atoms with Gasteiger partial charge in [0.15, 0.2) is 0 Å². The first kappa shape index (κ1) is 17.7. The highest BCUT2D eigenvalue weighted by Crippen LogP contribution is 2.30. The normalized spacial score (nSPS) is 11.3. The Hall–Kier alpha value is -3.11. The van der Waals surface area contributed by atoms with Crippen LogP contribution in [0.25, 0.3) is 28.1 Å². The number of rotatable bonds is 5. The standard InChI is InChI=1S/C21H17ClN4/c1-3-23-13-25-15(2)16-4-6-17(7-5-16)18-10-19(12-20(22)11-18)21-8-9-24-14-26-21/h3-14H,2H2,1H3/b23-3-,25-13-. The Morgan fingerprint density at radius 2 is 1.81 bits per heavy atom. The van der Waals surface area contributed by atoms with E-state index in [0.717, 1.165) is 27.9 Å². The fourth-order valence-electron chi connectivity index (χ4n) is 2.46. The van der Waals surface area contributed by atoms with E-state index in [9.17, 15) is 0 Å². The van der Waals surface area contributed by atoms with E-state index in [4.69, 9.17) is 11.6 Å². The summed E-state index contributed by atoms with van der Waals surface area (Å²) in [5, 5.41) is 0.659. The monoisotopic (exact) mass is 360 g/mol. The maximum absolute atomic E-state index is 6.31. The molecular formula is C21H17ClN4. The molecule has 0 bridgehead atoms. The fraction of sp³-hybridized carbons (Fsp3) is 0.0476. The van der Waals surface area contributed by atoms with Crippen LogP contribution in [0.1, 0.15) is 12.5 Å². The van der Waals surface area contributed by atoms with Crippen molar-refractivity contribution in [1.82, 2.24) is 9.97 Å². The number of hydrogen-bond acceptors (Lipinski definition) is 3. The Morgan fingerprint density at radius 3 is 2.50 bits per heavy atom. The Labute approximate surface area is 157 Å². The third kappa shape index (κ3) is 4.29. The SMILES string of the molecule is C=C(/N=C\N=C/C)c1ccc(-c2cc(Cl)cc(-c3ccncn3)c2)cc1. The van der Waals surface area contributed by atoms with Crippen molar-refractivity contribution in [3.63, 3.8) is 0 Å². The van der Waals surface area contributed by atoms with E-state index >= 15 is 0 Å². The second-order valence-electron chi connectivity index (χ2n) is 5.50. The Kier molecular flexibility index (Phi) is 5.66. The van der Waals surface area contributed by atoms with Gasteiger partial charge in [-0.15, -0.1) is 0 Å². The van der Waals surface area contributed by atoms with Gasteiger partial charge in [0.25, 0.3) is 0 Å². The maximum Gasteiger partial charge on any atom is 0.116 e. The highest BCUT2D eigenvalue weighted by molar-refractivity contribution is 6.31. The second-order valence-corrected chi connectivity index (χ2v) is 5.94. The molecule has 0 spiro atoms. The molecule has 2 aromatic carbocycles. The fourth-order valence-corrected chi connectivity index (χ4v) is 2.70. The number of hydrogen-bond donors (Lipinski definition) is 0. The average molecular weight is 361 g/mol. The molecule has 0 aliphatic heterocycles. The van der Waals surface area contributed by atoms with Crippen molar-refractivity contribution in [2.45, 2.75) is 6.92 Å². The summed E-state index contributed by atoms with van der Waals surface area (Å²) >= 11 is 6.31. The van der Waals surface area contributed by atoms with Crippen LogP contribution >= 0.6 is 11.6 Å². The van der Waals surface area contributed by atoms with Gasteiger partial charge in [-0.25, -0.2) is 20.0 Å². The van der Waals surface area contributed by atoms with Crippen LogP contribution in [0.2, 0.25) is 5.02 Å². The molecule has 0 aliphatic rings. The molecule has 0 fully saturated rings. The summed E-state index contributed by atoms with van der Waals surface area (Å²) in [5.41, 5.74) is 5.45. The molecule has 26 heavy (non-hydrogen) atoms. The van der Waals surface area contributed by atoms with Gasteiger partial charge in [-0.05, 0) is 47.9 Å². The topological polar surface area (TPSA) is 50.5 Å². The third-order valence-corrected chi connectivity index (χ3v) is 3.97. The van der Waals surface area contributed by atoms with Crippen molar-refractivity contribution in [3.8, 4) is 22.4 Å². The van der Waals surface area contributed by atoms with Crippen LogP contribution in [0.5, 0.6) is 0 Å². The van der Waals surface area contributed by atoms with Gasteiger partial charge in [-0.2, -0.15) is 0 Å².